The lowest BCUT2D eigenvalue weighted by molar-refractivity contribution is -0.144. The predicted octanol–water partition coefficient (Wildman–Crippen LogP) is 2.32. The number of nitrogens with zero attached hydrogens (tertiary/aromatic N) is 5. The fourth-order valence-electron chi connectivity index (χ4n) is 3.67. The van der Waals surface area contributed by atoms with E-state index in [0.717, 1.165) is 20.0 Å². The van der Waals surface area contributed by atoms with Gasteiger partial charge in [0.15, 0.2) is 0 Å². The normalized spacial score (nSPS) is 16.4. The Labute approximate surface area is 168 Å². The van der Waals surface area contributed by atoms with Gasteiger partial charge in [0.1, 0.15) is 17.6 Å². The van der Waals surface area contributed by atoms with Crippen LogP contribution < -0.4 is 5.69 Å². The molecule has 1 aliphatic heterocycles. The highest BCUT2D eigenvalue weighted by Crippen LogP contribution is 2.30. The Balaban J connectivity index is 1.68. The Kier molecular flexibility index (Phi) is 4.96. The Hall–Kier alpha value is -3.37. The highest BCUT2D eigenvalue weighted by molar-refractivity contribution is 5.72. The van der Waals surface area contributed by atoms with Crippen molar-refractivity contribution in [3.63, 3.8) is 0 Å². The van der Waals surface area contributed by atoms with E-state index in [9.17, 15) is 27.9 Å². The van der Waals surface area contributed by atoms with E-state index in [1.165, 1.54) is 0 Å². The first-order valence-electron chi connectivity index (χ1n) is 9.33. The number of benzene rings is 1. The molecule has 1 N–H and O–H groups in total. The Bertz CT molecular complexity index is 1130. The first kappa shape index (κ1) is 19.9. The summed E-state index contributed by atoms with van der Waals surface area (Å²) < 4.78 is 43.4. The molecule has 3 aromatic rings. The quantitative estimate of drug-likeness (QED) is 0.682. The lowest BCUT2D eigenvalue weighted by Crippen LogP contribution is -2.34. The van der Waals surface area contributed by atoms with Gasteiger partial charge in [-0.1, -0.05) is 30.3 Å². The van der Waals surface area contributed by atoms with Crippen molar-refractivity contribution in [1.82, 2.24) is 24.1 Å². The average Bonchev–Trinajstić information content (AvgIpc) is 3.24. The summed E-state index contributed by atoms with van der Waals surface area (Å²) in [6.45, 7) is -0.360. The standard InChI is InChI=1S/C19H18F3N5O3/c20-19(21,22)15-9-13(23-25(15)10-12-5-2-1-3-6-12)11-26-18(30)27-14(17(28)29)7-4-8-16(27)24-26/h1-3,5-6,9,14H,4,7-8,10-11H2,(H,28,29). The van der Waals surface area contributed by atoms with Gasteiger partial charge in [-0.25, -0.2) is 14.3 Å². The number of halogens is 3. The SMILES string of the molecule is O=C(O)C1CCCc2nn(Cc3cc(C(F)(F)F)n(Cc4ccccc4)n3)c(=O)n21. The van der Waals surface area contributed by atoms with Crippen LogP contribution in [0.4, 0.5) is 13.2 Å². The van der Waals surface area contributed by atoms with Gasteiger partial charge in [-0.15, -0.1) is 0 Å². The van der Waals surface area contributed by atoms with Crippen molar-refractivity contribution in [2.45, 2.75) is 44.6 Å². The van der Waals surface area contributed by atoms with Gasteiger partial charge in [0.2, 0.25) is 0 Å². The molecule has 0 saturated heterocycles. The van der Waals surface area contributed by atoms with Gasteiger partial charge in [-0.2, -0.15) is 23.4 Å². The number of alkyl halides is 3. The molecule has 8 nitrogen and oxygen atoms in total. The van der Waals surface area contributed by atoms with Gasteiger partial charge >= 0.3 is 17.8 Å². The smallest absolute Gasteiger partial charge is 0.433 e. The van der Waals surface area contributed by atoms with Crippen LogP contribution in [0, 0.1) is 0 Å². The molecule has 1 aromatic carbocycles. The molecule has 1 atom stereocenters. The van der Waals surface area contributed by atoms with E-state index in [-0.39, 0.29) is 18.8 Å². The van der Waals surface area contributed by atoms with Crippen LogP contribution in [-0.4, -0.2) is 35.2 Å². The lowest BCUT2D eigenvalue weighted by atomic mass is 10.1. The molecule has 1 unspecified atom stereocenters. The number of rotatable bonds is 5. The van der Waals surface area contributed by atoms with Gasteiger partial charge in [-0.3, -0.25) is 9.25 Å². The summed E-state index contributed by atoms with van der Waals surface area (Å²) in [5.41, 5.74) is -0.927. The van der Waals surface area contributed by atoms with Crippen molar-refractivity contribution in [3.05, 3.63) is 69.7 Å². The van der Waals surface area contributed by atoms with Crippen LogP contribution in [0.25, 0.3) is 0 Å². The van der Waals surface area contributed by atoms with E-state index in [1.54, 1.807) is 30.3 Å². The number of carboxylic acids is 1. The number of aliphatic carboxylic acids is 1. The number of aryl methyl sites for hydroxylation is 1. The molecule has 3 heterocycles. The molecule has 2 aromatic heterocycles. The number of carboxylic acid groups (broad SMARTS) is 1. The fraction of sp³-hybridized carbons (Fsp3) is 0.368. The van der Waals surface area contributed by atoms with Crippen LogP contribution in [-0.2, 0) is 30.5 Å². The molecular formula is C19H18F3N5O3. The molecule has 158 valence electrons. The molecule has 0 radical (unpaired) electrons. The number of fused-ring (bicyclic) bond motifs is 1. The maximum atomic E-state index is 13.5. The van der Waals surface area contributed by atoms with Gasteiger partial charge in [-0.05, 0) is 24.5 Å². The summed E-state index contributed by atoms with van der Waals surface area (Å²) in [4.78, 5) is 24.1. The van der Waals surface area contributed by atoms with Gasteiger partial charge in [0.05, 0.1) is 18.8 Å². The van der Waals surface area contributed by atoms with E-state index >= 15 is 0 Å². The molecule has 30 heavy (non-hydrogen) atoms. The third kappa shape index (κ3) is 3.74. The molecule has 1 aliphatic rings. The van der Waals surface area contributed by atoms with E-state index in [2.05, 4.69) is 10.2 Å². The molecule has 0 spiro atoms. The van der Waals surface area contributed by atoms with Crippen molar-refractivity contribution in [1.29, 1.82) is 0 Å². The van der Waals surface area contributed by atoms with E-state index in [0.29, 0.717) is 30.7 Å². The third-order valence-electron chi connectivity index (χ3n) is 5.02. The Morgan fingerprint density at radius 1 is 1.13 bits per heavy atom. The van der Waals surface area contributed by atoms with Crippen LogP contribution in [0.15, 0.2) is 41.2 Å². The lowest BCUT2D eigenvalue weighted by Gasteiger charge is -2.19. The van der Waals surface area contributed by atoms with E-state index < -0.39 is 29.6 Å². The van der Waals surface area contributed by atoms with Crippen LogP contribution >= 0.6 is 0 Å². The first-order chi connectivity index (χ1) is 14.2. The zero-order valence-electron chi connectivity index (χ0n) is 15.7. The zero-order valence-corrected chi connectivity index (χ0v) is 15.7. The summed E-state index contributed by atoms with van der Waals surface area (Å²) in [6.07, 6.45) is -3.32. The second kappa shape index (κ2) is 7.47. The predicted molar refractivity (Wildman–Crippen MR) is 98.0 cm³/mol. The zero-order chi connectivity index (χ0) is 21.5. The minimum absolute atomic E-state index is 0.0164. The van der Waals surface area contributed by atoms with Crippen molar-refractivity contribution in [3.8, 4) is 0 Å². The van der Waals surface area contributed by atoms with Crippen LogP contribution in [0.2, 0.25) is 0 Å². The second-order valence-corrected chi connectivity index (χ2v) is 7.13. The second-order valence-electron chi connectivity index (χ2n) is 7.13. The average molecular weight is 421 g/mol. The van der Waals surface area contributed by atoms with Crippen molar-refractivity contribution in [2.24, 2.45) is 0 Å². The molecule has 0 saturated carbocycles. The maximum absolute atomic E-state index is 13.5. The molecule has 0 amide bonds. The number of aromatic nitrogens is 5. The van der Waals surface area contributed by atoms with Gasteiger partial charge < -0.3 is 5.11 Å². The minimum atomic E-state index is -4.62. The van der Waals surface area contributed by atoms with Crippen LogP contribution in [0.1, 0.15) is 41.7 Å². The van der Waals surface area contributed by atoms with E-state index in [4.69, 9.17) is 0 Å². The van der Waals surface area contributed by atoms with Crippen molar-refractivity contribution in [2.75, 3.05) is 0 Å². The highest BCUT2D eigenvalue weighted by atomic mass is 19.4. The highest BCUT2D eigenvalue weighted by Gasteiger charge is 2.36. The molecule has 0 fully saturated rings. The number of carbonyl (C=O) groups is 1. The summed E-state index contributed by atoms with van der Waals surface area (Å²) in [5.74, 6) is -0.817. The third-order valence-corrected chi connectivity index (χ3v) is 5.02. The Morgan fingerprint density at radius 3 is 2.53 bits per heavy atom. The summed E-state index contributed by atoms with van der Waals surface area (Å²) in [5, 5.41) is 17.5. The first-order valence-corrected chi connectivity index (χ1v) is 9.33. The summed E-state index contributed by atoms with van der Waals surface area (Å²) in [7, 11) is 0. The van der Waals surface area contributed by atoms with Gasteiger partial charge in [0.25, 0.3) is 0 Å². The van der Waals surface area contributed by atoms with E-state index in [1.807, 2.05) is 0 Å². The molecule has 11 heteroatoms. The van der Waals surface area contributed by atoms with Crippen molar-refractivity contribution >= 4 is 5.97 Å². The molecular weight excluding hydrogens is 403 g/mol. The van der Waals surface area contributed by atoms with Crippen LogP contribution in [0.5, 0.6) is 0 Å². The molecule has 0 bridgehead atoms. The summed E-state index contributed by atoms with van der Waals surface area (Å²) in [6, 6.07) is 8.48. The van der Waals surface area contributed by atoms with Crippen molar-refractivity contribution < 1.29 is 23.1 Å². The monoisotopic (exact) mass is 421 g/mol. The topological polar surface area (TPSA) is 94.9 Å². The molecule has 0 aliphatic carbocycles. The minimum Gasteiger partial charge on any atom is -0.480 e. The van der Waals surface area contributed by atoms with Crippen LogP contribution in [0.3, 0.4) is 0 Å². The number of hydrogen-bond acceptors (Lipinski definition) is 4. The fourth-order valence-corrected chi connectivity index (χ4v) is 3.67. The number of hydrogen-bond donors (Lipinski definition) is 1. The summed E-state index contributed by atoms with van der Waals surface area (Å²) >= 11 is 0. The maximum Gasteiger partial charge on any atom is 0.433 e. The van der Waals surface area contributed by atoms with Gasteiger partial charge in [0, 0.05) is 6.42 Å². The molecule has 4 rings (SSSR count). The Morgan fingerprint density at radius 2 is 1.87 bits per heavy atom. The largest absolute Gasteiger partial charge is 0.480 e.